The summed E-state index contributed by atoms with van der Waals surface area (Å²) in [4.78, 5) is 10.8. The Bertz CT molecular complexity index is 319. The first kappa shape index (κ1) is 7.30. The molecule has 0 saturated heterocycles. The maximum Gasteiger partial charge on any atom is 0.248 e. The molecule has 2 heterocycles. The van der Waals surface area contributed by atoms with Crippen LogP contribution in [0.5, 0.6) is 0 Å². The van der Waals surface area contributed by atoms with Gasteiger partial charge in [0.1, 0.15) is 0 Å². The second kappa shape index (κ2) is 2.60. The summed E-state index contributed by atoms with van der Waals surface area (Å²) in [6, 6.07) is 0. The molecular formula is C7H7N3OS. The van der Waals surface area contributed by atoms with E-state index in [0.717, 1.165) is 5.70 Å². The Morgan fingerprint density at radius 2 is 2.50 bits per heavy atom. The predicted octanol–water partition coefficient (Wildman–Crippen LogP) is 0.235. The van der Waals surface area contributed by atoms with Gasteiger partial charge in [-0.25, -0.2) is 0 Å². The summed E-state index contributed by atoms with van der Waals surface area (Å²) < 4.78 is 4.87. The zero-order valence-electron chi connectivity index (χ0n) is 6.15. The van der Waals surface area contributed by atoms with Crippen molar-refractivity contribution < 1.29 is 4.79 Å². The summed E-state index contributed by atoms with van der Waals surface area (Å²) in [6.45, 7) is 0. The number of amides is 1. The van der Waals surface area contributed by atoms with E-state index in [1.54, 1.807) is 18.4 Å². The topological polar surface area (TPSA) is 58.4 Å². The molecule has 2 aliphatic rings. The number of nitrogens with zero attached hydrogens (tertiary/aromatic N) is 1. The number of carbonyl (C=O) groups excluding carboxylic acids is 1. The van der Waals surface area contributed by atoms with Crippen LogP contribution in [0.15, 0.2) is 35.8 Å². The van der Waals surface area contributed by atoms with Crippen LogP contribution in [0.2, 0.25) is 0 Å². The Labute approximate surface area is 74.1 Å². The number of carbonyl (C=O) groups is 1. The molecule has 0 atom stereocenters. The highest BCUT2D eigenvalue weighted by Crippen LogP contribution is 2.26. The fourth-order valence-electron chi connectivity index (χ4n) is 0.990. The number of allylic oxidation sites excluding steroid dienone is 1. The summed E-state index contributed by atoms with van der Waals surface area (Å²) in [7, 11) is 0. The van der Waals surface area contributed by atoms with Gasteiger partial charge < -0.3 is 10.5 Å². The molecule has 12 heavy (non-hydrogen) atoms. The summed E-state index contributed by atoms with van der Waals surface area (Å²) in [5.41, 5.74) is 6.59. The third-order valence-corrected chi connectivity index (χ3v) is 2.34. The van der Waals surface area contributed by atoms with E-state index in [4.69, 9.17) is 5.73 Å². The van der Waals surface area contributed by atoms with Crippen molar-refractivity contribution in [2.75, 3.05) is 0 Å². The minimum Gasteiger partial charge on any atom is -0.366 e. The molecule has 2 aliphatic heterocycles. The molecule has 3 N–H and O–H groups in total. The third-order valence-electron chi connectivity index (χ3n) is 1.59. The molecule has 0 saturated carbocycles. The van der Waals surface area contributed by atoms with E-state index in [1.165, 1.54) is 12.1 Å². The van der Waals surface area contributed by atoms with Gasteiger partial charge in [0.05, 0.1) is 17.8 Å². The normalized spacial score (nSPS) is 19.5. The number of hydrogen-bond acceptors (Lipinski definition) is 4. The standard InChI is InChI=1S/C7H7N3OS/c8-7(11)5-1-2-10-6(3-5)4-9-12-10/h1-4,9H,(H2,8,11). The van der Waals surface area contributed by atoms with Gasteiger partial charge in [0.25, 0.3) is 0 Å². The first-order valence-electron chi connectivity index (χ1n) is 3.39. The second-order valence-electron chi connectivity index (χ2n) is 2.38. The van der Waals surface area contributed by atoms with E-state index in [-0.39, 0.29) is 0 Å². The van der Waals surface area contributed by atoms with Crippen molar-refractivity contribution in [1.29, 1.82) is 0 Å². The van der Waals surface area contributed by atoms with Crippen molar-refractivity contribution in [3.8, 4) is 0 Å². The van der Waals surface area contributed by atoms with Gasteiger partial charge in [0.2, 0.25) is 5.91 Å². The second-order valence-corrected chi connectivity index (χ2v) is 3.20. The summed E-state index contributed by atoms with van der Waals surface area (Å²) in [5, 5.41) is 0. The average Bonchev–Trinajstić information content (AvgIpc) is 2.49. The van der Waals surface area contributed by atoms with E-state index in [0.29, 0.717) is 5.57 Å². The first-order chi connectivity index (χ1) is 5.77. The van der Waals surface area contributed by atoms with Gasteiger partial charge in [-0.15, -0.1) is 0 Å². The quantitative estimate of drug-likeness (QED) is 0.569. The molecular weight excluding hydrogens is 174 g/mol. The number of rotatable bonds is 1. The van der Waals surface area contributed by atoms with Gasteiger partial charge in [0, 0.05) is 18.0 Å². The van der Waals surface area contributed by atoms with Crippen LogP contribution < -0.4 is 10.5 Å². The van der Waals surface area contributed by atoms with Crippen LogP contribution in [-0.2, 0) is 4.79 Å². The molecule has 0 radical (unpaired) electrons. The van der Waals surface area contributed by atoms with E-state index in [2.05, 4.69) is 4.72 Å². The van der Waals surface area contributed by atoms with Crippen LogP contribution in [0.4, 0.5) is 0 Å². The van der Waals surface area contributed by atoms with Crippen LogP contribution in [0, 0.1) is 0 Å². The van der Waals surface area contributed by atoms with Crippen LogP contribution in [0.1, 0.15) is 0 Å². The van der Waals surface area contributed by atoms with Crippen molar-refractivity contribution >= 4 is 18.0 Å². The monoisotopic (exact) mass is 181 g/mol. The largest absolute Gasteiger partial charge is 0.366 e. The van der Waals surface area contributed by atoms with Gasteiger partial charge >= 0.3 is 0 Å². The smallest absolute Gasteiger partial charge is 0.248 e. The number of primary amides is 1. The Hall–Kier alpha value is -1.36. The minimum atomic E-state index is -0.399. The van der Waals surface area contributed by atoms with E-state index >= 15 is 0 Å². The third kappa shape index (κ3) is 1.08. The lowest BCUT2D eigenvalue weighted by Crippen LogP contribution is -2.16. The fraction of sp³-hybridized carbons (Fsp3) is 0. The molecule has 1 amide bonds. The van der Waals surface area contributed by atoms with Crippen LogP contribution in [0.3, 0.4) is 0 Å². The molecule has 0 spiro atoms. The molecule has 62 valence electrons. The maximum absolute atomic E-state index is 10.8. The van der Waals surface area contributed by atoms with E-state index in [1.807, 2.05) is 10.5 Å². The summed E-state index contributed by atoms with van der Waals surface area (Å²) >= 11 is 1.45. The molecule has 0 aromatic heterocycles. The Morgan fingerprint density at radius 3 is 3.25 bits per heavy atom. The van der Waals surface area contributed by atoms with Crippen molar-refractivity contribution in [3.63, 3.8) is 0 Å². The minimum absolute atomic E-state index is 0.399. The highest BCUT2D eigenvalue weighted by atomic mass is 32.2. The number of nitrogens with two attached hydrogens (primary N) is 1. The first-order valence-corrected chi connectivity index (χ1v) is 4.16. The van der Waals surface area contributed by atoms with E-state index in [9.17, 15) is 4.79 Å². The Balaban J connectivity index is 2.31. The lowest BCUT2D eigenvalue weighted by atomic mass is 10.1. The lowest BCUT2D eigenvalue weighted by molar-refractivity contribution is -0.114. The number of hydrogen-bond donors (Lipinski definition) is 2. The van der Waals surface area contributed by atoms with Gasteiger partial charge in [-0.2, -0.15) is 0 Å². The molecule has 0 unspecified atom stereocenters. The van der Waals surface area contributed by atoms with Gasteiger partial charge in [0.15, 0.2) is 0 Å². The van der Waals surface area contributed by atoms with Crippen molar-refractivity contribution in [3.05, 3.63) is 35.8 Å². The highest BCUT2D eigenvalue weighted by molar-refractivity contribution is 7.95. The van der Waals surface area contributed by atoms with E-state index < -0.39 is 5.91 Å². The molecule has 0 aliphatic carbocycles. The molecule has 0 fully saturated rings. The molecule has 2 rings (SSSR count). The lowest BCUT2D eigenvalue weighted by Gasteiger charge is -2.15. The molecule has 0 aromatic carbocycles. The molecule has 4 nitrogen and oxygen atoms in total. The predicted molar refractivity (Wildman–Crippen MR) is 47.1 cm³/mol. The SMILES string of the molecule is NC(=O)C1=CC2=CNSN2C=C1. The van der Waals surface area contributed by atoms with Crippen molar-refractivity contribution in [2.24, 2.45) is 5.73 Å². The number of fused-ring (bicyclic) bond motifs is 1. The van der Waals surface area contributed by atoms with Gasteiger partial charge in [-0.3, -0.25) is 9.10 Å². The molecule has 0 bridgehead atoms. The maximum atomic E-state index is 10.8. The van der Waals surface area contributed by atoms with Crippen molar-refractivity contribution in [1.82, 2.24) is 9.03 Å². The summed E-state index contributed by atoms with van der Waals surface area (Å²) in [5.74, 6) is -0.399. The zero-order valence-corrected chi connectivity index (χ0v) is 6.97. The van der Waals surface area contributed by atoms with Crippen LogP contribution in [-0.4, -0.2) is 10.2 Å². The molecule has 0 aromatic rings. The van der Waals surface area contributed by atoms with Crippen LogP contribution >= 0.6 is 12.1 Å². The number of nitrogens with one attached hydrogen (secondary N) is 1. The van der Waals surface area contributed by atoms with Gasteiger partial charge in [-0.1, -0.05) is 0 Å². The zero-order chi connectivity index (χ0) is 8.55. The van der Waals surface area contributed by atoms with Gasteiger partial charge in [-0.05, 0) is 12.2 Å². The van der Waals surface area contributed by atoms with Crippen LogP contribution in [0.25, 0.3) is 0 Å². The van der Waals surface area contributed by atoms with Crippen molar-refractivity contribution in [2.45, 2.75) is 0 Å². The fourth-order valence-corrected chi connectivity index (χ4v) is 1.61. The Morgan fingerprint density at radius 1 is 1.67 bits per heavy atom. The highest BCUT2D eigenvalue weighted by Gasteiger charge is 2.17. The summed E-state index contributed by atoms with van der Waals surface area (Å²) in [6.07, 6.45) is 7.06. The average molecular weight is 181 g/mol. The molecule has 5 heteroatoms. The Kier molecular flexibility index (Phi) is 1.58.